The van der Waals surface area contributed by atoms with Gasteiger partial charge in [0.15, 0.2) is 0 Å². The van der Waals surface area contributed by atoms with E-state index in [1.54, 1.807) is 0 Å². The molecule has 0 heterocycles. The van der Waals surface area contributed by atoms with Crippen molar-refractivity contribution in [3.8, 4) is 0 Å². The molecule has 0 N–H and O–H groups in total. The largest absolute Gasteiger partial charge is 4.00 e. The van der Waals surface area contributed by atoms with Crippen molar-refractivity contribution in [1.29, 1.82) is 0 Å². The summed E-state index contributed by atoms with van der Waals surface area (Å²) >= 11 is 3.49. The van der Waals surface area contributed by atoms with Crippen LogP contribution >= 0.6 is 15.9 Å². The van der Waals surface area contributed by atoms with Crippen molar-refractivity contribution >= 4 is 37.5 Å². The van der Waals surface area contributed by atoms with Crippen molar-refractivity contribution in [3.63, 3.8) is 0 Å². The van der Waals surface area contributed by atoms with E-state index in [2.05, 4.69) is 64.5 Å². The first-order chi connectivity index (χ1) is 6.84. The van der Waals surface area contributed by atoms with Crippen LogP contribution < -0.4 is 37.2 Å². The van der Waals surface area contributed by atoms with Crippen LogP contribution in [0.25, 0.3) is 21.5 Å². The summed E-state index contributed by atoms with van der Waals surface area (Å²) in [7, 11) is 0. The fourth-order valence-electron chi connectivity index (χ4n) is 1.93. The standard InChI is InChI=1S/C13H8Br.3ClH.Zr/c14-11-5-6-13-10(8-11)7-9-3-1-2-4-12(9)13;;;;/h1-8H;3*1H;/q-1;;;;+4/p-3. The summed E-state index contributed by atoms with van der Waals surface area (Å²) in [4.78, 5) is 0. The minimum Gasteiger partial charge on any atom is -1.00 e. The Morgan fingerprint density at radius 3 is 2.11 bits per heavy atom. The molecule has 3 aromatic rings. The van der Waals surface area contributed by atoms with Crippen LogP contribution in [0.1, 0.15) is 0 Å². The fourth-order valence-corrected chi connectivity index (χ4v) is 2.31. The Morgan fingerprint density at radius 1 is 0.778 bits per heavy atom. The predicted octanol–water partition coefficient (Wildman–Crippen LogP) is -4.52. The molecule has 5 heteroatoms. The van der Waals surface area contributed by atoms with Crippen LogP contribution in [0.3, 0.4) is 0 Å². The maximum atomic E-state index is 3.49. The summed E-state index contributed by atoms with van der Waals surface area (Å²) in [5, 5.41) is 5.31. The Kier molecular flexibility index (Phi) is 10.0. The van der Waals surface area contributed by atoms with E-state index in [1.165, 1.54) is 21.5 Å². The smallest absolute Gasteiger partial charge is 1.00 e. The molecule has 0 spiro atoms. The molecular formula is C13H8BrCl3Zr. The molecule has 0 unspecified atom stereocenters. The van der Waals surface area contributed by atoms with E-state index < -0.39 is 0 Å². The summed E-state index contributed by atoms with van der Waals surface area (Å²) in [5.41, 5.74) is 0. The van der Waals surface area contributed by atoms with E-state index in [-0.39, 0.29) is 63.4 Å². The van der Waals surface area contributed by atoms with Crippen molar-refractivity contribution in [1.82, 2.24) is 0 Å². The van der Waals surface area contributed by atoms with Gasteiger partial charge in [0, 0.05) is 0 Å². The van der Waals surface area contributed by atoms with Crippen molar-refractivity contribution in [3.05, 3.63) is 53.0 Å². The first kappa shape index (κ1) is 20.9. The zero-order chi connectivity index (χ0) is 9.54. The molecule has 0 saturated carbocycles. The van der Waals surface area contributed by atoms with Crippen LogP contribution in [-0.4, -0.2) is 0 Å². The molecule has 0 aromatic heterocycles. The van der Waals surface area contributed by atoms with E-state index in [9.17, 15) is 0 Å². The van der Waals surface area contributed by atoms with Crippen LogP contribution in [0.2, 0.25) is 0 Å². The van der Waals surface area contributed by atoms with Crippen LogP contribution in [-0.2, 0) is 26.2 Å². The van der Waals surface area contributed by atoms with Gasteiger partial charge >= 0.3 is 26.2 Å². The first-order valence-corrected chi connectivity index (χ1v) is 5.37. The van der Waals surface area contributed by atoms with Crippen LogP contribution in [0, 0.1) is 0 Å². The summed E-state index contributed by atoms with van der Waals surface area (Å²) < 4.78 is 1.14. The summed E-state index contributed by atoms with van der Waals surface area (Å²) in [6.45, 7) is 0. The monoisotopic (exact) mass is 438 g/mol. The van der Waals surface area contributed by atoms with Gasteiger partial charge < -0.3 is 37.2 Å². The zero-order valence-corrected chi connectivity index (χ0v) is 15.4. The van der Waals surface area contributed by atoms with Crippen LogP contribution in [0.15, 0.2) is 53.0 Å². The third-order valence-corrected chi connectivity index (χ3v) is 3.07. The Morgan fingerprint density at radius 2 is 1.39 bits per heavy atom. The Hall–Kier alpha value is 0.543. The number of hydrogen-bond acceptors (Lipinski definition) is 0. The molecular weight excluding hydrogens is 434 g/mol. The molecule has 0 fully saturated rings. The van der Waals surface area contributed by atoms with Gasteiger partial charge in [-0.2, -0.15) is 0 Å². The maximum absolute atomic E-state index is 3.49. The van der Waals surface area contributed by atoms with Crippen molar-refractivity contribution < 1.29 is 63.4 Å². The van der Waals surface area contributed by atoms with Crippen molar-refractivity contribution in [2.24, 2.45) is 0 Å². The second-order valence-corrected chi connectivity index (χ2v) is 4.38. The molecule has 18 heavy (non-hydrogen) atoms. The normalized spacial score (nSPS) is 8.72. The van der Waals surface area contributed by atoms with Crippen molar-refractivity contribution in [2.75, 3.05) is 0 Å². The van der Waals surface area contributed by atoms with Gasteiger partial charge in [0.05, 0.1) is 0 Å². The minimum atomic E-state index is 0. The molecule has 0 radical (unpaired) electrons. The number of fused-ring (bicyclic) bond motifs is 3. The number of hydrogen-bond donors (Lipinski definition) is 0. The van der Waals surface area contributed by atoms with Gasteiger partial charge in [-0.3, -0.25) is 0 Å². The Labute approximate surface area is 152 Å². The topological polar surface area (TPSA) is 0 Å². The maximum Gasteiger partial charge on any atom is 4.00 e. The molecule has 92 valence electrons. The van der Waals surface area contributed by atoms with Crippen LogP contribution in [0.5, 0.6) is 0 Å². The van der Waals surface area contributed by atoms with Gasteiger partial charge in [-0.1, -0.05) is 46.3 Å². The molecule has 0 aliphatic rings. The molecule has 0 saturated heterocycles. The van der Waals surface area contributed by atoms with Gasteiger partial charge in [0.2, 0.25) is 0 Å². The summed E-state index contributed by atoms with van der Waals surface area (Å²) in [6.07, 6.45) is 0. The van der Waals surface area contributed by atoms with E-state index in [1.807, 2.05) is 0 Å². The van der Waals surface area contributed by atoms with Gasteiger partial charge in [0.1, 0.15) is 0 Å². The molecule has 0 amide bonds. The molecule has 0 aliphatic heterocycles. The van der Waals surface area contributed by atoms with E-state index >= 15 is 0 Å². The summed E-state index contributed by atoms with van der Waals surface area (Å²) in [5.74, 6) is 0. The second-order valence-electron chi connectivity index (χ2n) is 3.46. The van der Waals surface area contributed by atoms with Crippen molar-refractivity contribution in [2.45, 2.75) is 0 Å². The van der Waals surface area contributed by atoms with Gasteiger partial charge in [-0.25, -0.2) is 0 Å². The number of benzene rings is 2. The van der Waals surface area contributed by atoms with E-state index in [0.29, 0.717) is 0 Å². The molecule has 0 bridgehead atoms. The average Bonchev–Trinajstić information content (AvgIpc) is 2.54. The minimum absolute atomic E-state index is 0. The van der Waals surface area contributed by atoms with Gasteiger partial charge in [-0.05, 0) is 4.47 Å². The third-order valence-electron chi connectivity index (χ3n) is 2.58. The molecule has 3 aromatic carbocycles. The zero-order valence-electron chi connectivity index (χ0n) is 9.13. The SMILES string of the molecule is Brc1ccc2c(c1)[cH-]c1ccccc12.[Cl-].[Cl-].[Cl-].[Zr+4]. The molecule has 0 nitrogen and oxygen atoms in total. The first-order valence-electron chi connectivity index (χ1n) is 4.58. The third kappa shape index (κ3) is 3.77. The van der Waals surface area contributed by atoms with Gasteiger partial charge in [0.25, 0.3) is 0 Å². The van der Waals surface area contributed by atoms with Gasteiger partial charge in [-0.15, -0.1) is 39.7 Å². The van der Waals surface area contributed by atoms with Crippen LogP contribution in [0.4, 0.5) is 0 Å². The molecule has 3 rings (SSSR count). The Balaban J connectivity index is 0. The number of rotatable bonds is 0. The predicted molar refractivity (Wildman–Crippen MR) is 64.7 cm³/mol. The number of halogens is 4. The average molecular weight is 442 g/mol. The fraction of sp³-hybridized carbons (Fsp3) is 0. The molecule has 0 aliphatic carbocycles. The quantitative estimate of drug-likeness (QED) is 0.309. The summed E-state index contributed by atoms with van der Waals surface area (Å²) in [6, 6.07) is 17.1. The molecule has 0 atom stereocenters. The Bertz CT molecular complexity index is 622. The van der Waals surface area contributed by atoms with E-state index in [4.69, 9.17) is 0 Å². The second kappa shape index (κ2) is 8.66. The van der Waals surface area contributed by atoms with E-state index in [0.717, 1.165) is 4.47 Å².